The summed E-state index contributed by atoms with van der Waals surface area (Å²) in [5.74, 6) is 0. The van der Waals surface area contributed by atoms with Gasteiger partial charge in [-0.15, -0.1) is 0 Å². The second-order valence-corrected chi connectivity index (χ2v) is 13.8. The van der Waals surface area contributed by atoms with Crippen LogP contribution >= 0.6 is 0 Å². The quantitative estimate of drug-likeness (QED) is 0.237. The average molecular weight is 579 g/mol. The van der Waals surface area contributed by atoms with Gasteiger partial charge in [-0.05, 0) is 62.8 Å². The van der Waals surface area contributed by atoms with Crippen LogP contribution in [0, 0.1) is 6.92 Å². The van der Waals surface area contributed by atoms with E-state index in [0.717, 1.165) is 17.0 Å². The lowest BCUT2D eigenvalue weighted by Gasteiger charge is -2.23. The van der Waals surface area contributed by atoms with E-state index in [1.165, 1.54) is 22.5 Å². The number of fused-ring (bicyclic) bond motifs is 2. The number of anilines is 1. The summed E-state index contributed by atoms with van der Waals surface area (Å²) in [6.45, 7) is 10.8. The van der Waals surface area contributed by atoms with Crippen LogP contribution in [0.4, 0.5) is 11.4 Å². The molecule has 0 aromatic heterocycles. The van der Waals surface area contributed by atoms with E-state index in [-0.39, 0.29) is 15.7 Å². The summed E-state index contributed by atoms with van der Waals surface area (Å²) < 4.78 is 31.7. The zero-order chi connectivity index (χ0) is 30.3. The summed E-state index contributed by atoms with van der Waals surface area (Å²) in [7, 11) is 0.361. The fourth-order valence-electron chi connectivity index (χ4n) is 6.14. The van der Waals surface area contributed by atoms with Crippen molar-refractivity contribution in [3.63, 3.8) is 0 Å². The highest BCUT2D eigenvalue weighted by atomic mass is 32.2. The van der Waals surface area contributed by atoms with Crippen molar-refractivity contribution >= 4 is 27.1 Å². The van der Waals surface area contributed by atoms with Crippen LogP contribution in [0.5, 0.6) is 0 Å². The Labute approximate surface area is 251 Å². The molecular formula is C36H40N3O2S+. The van der Waals surface area contributed by atoms with Crippen molar-refractivity contribution in [3.05, 3.63) is 137 Å². The molecule has 6 heteroatoms. The minimum atomic E-state index is -3.78. The zero-order valence-electron chi connectivity index (χ0n) is 25.5. The normalized spacial score (nSPS) is 18.8. The van der Waals surface area contributed by atoms with E-state index in [2.05, 4.69) is 117 Å². The predicted octanol–water partition coefficient (Wildman–Crippen LogP) is 7.29. The number of para-hydroxylation sites is 2. The van der Waals surface area contributed by atoms with Gasteiger partial charge in [-0.1, -0.05) is 80.1 Å². The van der Waals surface area contributed by atoms with Gasteiger partial charge in [-0.2, -0.15) is 4.58 Å². The molecule has 0 fully saturated rings. The van der Waals surface area contributed by atoms with E-state index in [1.54, 1.807) is 24.3 Å². The van der Waals surface area contributed by atoms with Gasteiger partial charge in [0.2, 0.25) is 5.69 Å². The topological polar surface area (TPSA) is 52.4 Å². The molecule has 216 valence electrons. The Morgan fingerprint density at radius 3 is 2.17 bits per heavy atom. The van der Waals surface area contributed by atoms with Crippen molar-refractivity contribution in [3.8, 4) is 0 Å². The SMILES string of the molecule is Cc1ccc(S(=O)(=O)NC(=C\C=C\C2=[N+](C)c3ccccc3C2(C)C)/C=C/C=C2/N(C)c3ccccc3C2(C)C)cc1. The molecule has 0 bridgehead atoms. The molecule has 2 aliphatic heterocycles. The summed E-state index contributed by atoms with van der Waals surface area (Å²) in [5.41, 5.74) is 8.30. The van der Waals surface area contributed by atoms with E-state index in [0.29, 0.717) is 5.70 Å². The first-order chi connectivity index (χ1) is 19.8. The largest absolute Gasteiger partial charge is 0.347 e. The van der Waals surface area contributed by atoms with E-state index in [1.807, 2.05) is 31.2 Å². The number of sulfonamides is 1. The smallest absolute Gasteiger partial charge is 0.261 e. The van der Waals surface area contributed by atoms with Crippen LogP contribution in [0.15, 0.2) is 126 Å². The number of nitrogens with one attached hydrogen (secondary N) is 1. The molecule has 1 N–H and O–H groups in total. The van der Waals surface area contributed by atoms with Gasteiger partial charge in [0.15, 0.2) is 5.71 Å². The lowest BCUT2D eigenvalue weighted by atomic mass is 9.81. The van der Waals surface area contributed by atoms with Crippen molar-refractivity contribution in [2.45, 2.75) is 50.3 Å². The summed E-state index contributed by atoms with van der Waals surface area (Å²) in [6.07, 6.45) is 11.6. The molecule has 0 saturated heterocycles. The number of likely N-dealkylation sites (N-methyl/N-ethyl adjacent to an activating group) is 1. The lowest BCUT2D eigenvalue weighted by molar-refractivity contribution is -0.401. The third kappa shape index (κ3) is 5.27. The maximum Gasteiger partial charge on any atom is 0.261 e. The molecule has 2 heterocycles. The van der Waals surface area contributed by atoms with Crippen LogP contribution in [-0.4, -0.2) is 32.8 Å². The first-order valence-corrected chi connectivity index (χ1v) is 15.7. The Bertz CT molecular complexity index is 1790. The molecule has 0 aliphatic carbocycles. The van der Waals surface area contributed by atoms with E-state index >= 15 is 0 Å². The van der Waals surface area contributed by atoms with Crippen molar-refractivity contribution in [2.75, 3.05) is 19.0 Å². The van der Waals surface area contributed by atoms with E-state index < -0.39 is 10.0 Å². The van der Waals surface area contributed by atoms with Gasteiger partial charge in [0.1, 0.15) is 7.05 Å². The van der Waals surface area contributed by atoms with Crippen LogP contribution in [0.25, 0.3) is 0 Å². The molecule has 0 amide bonds. The van der Waals surface area contributed by atoms with Crippen LogP contribution < -0.4 is 9.62 Å². The predicted molar refractivity (Wildman–Crippen MR) is 174 cm³/mol. The Morgan fingerprint density at radius 1 is 0.857 bits per heavy atom. The lowest BCUT2D eigenvalue weighted by Crippen LogP contribution is -2.26. The van der Waals surface area contributed by atoms with Crippen LogP contribution in [0.1, 0.15) is 44.4 Å². The first-order valence-electron chi connectivity index (χ1n) is 14.2. The summed E-state index contributed by atoms with van der Waals surface area (Å²) in [6, 6.07) is 23.7. The fraction of sp³-hybridized carbons (Fsp3) is 0.250. The standard InChI is InChI=1S/C36H39N3O2S/c1-26-22-24-28(25-23-26)42(40,41)37-27(14-12-20-33-35(2,3)29-16-8-10-18-31(29)38(33)6)15-13-21-34-36(4,5)30-17-9-11-19-32(30)39(34)7/h8-25H,1-7H3/p+1/b14-12+,33-20+. The summed E-state index contributed by atoms with van der Waals surface area (Å²) in [5, 5.41) is 0. The van der Waals surface area contributed by atoms with E-state index in [4.69, 9.17) is 0 Å². The number of hydrogen-bond acceptors (Lipinski definition) is 3. The zero-order valence-corrected chi connectivity index (χ0v) is 26.3. The van der Waals surface area contributed by atoms with E-state index in [9.17, 15) is 8.42 Å². The third-order valence-electron chi connectivity index (χ3n) is 8.52. The number of benzene rings is 3. The molecule has 2 aliphatic rings. The van der Waals surface area contributed by atoms with Gasteiger partial charge in [-0.25, -0.2) is 8.42 Å². The van der Waals surface area contributed by atoms with Gasteiger partial charge in [0.05, 0.1) is 10.3 Å². The second kappa shape index (κ2) is 10.9. The second-order valence-electron chi connectivity index (χ2n) is 12.1. The molecule has 3 aromatic rings. The molecule has 0 spiro atoms. The molecule has 5 rings (SSSR count). The third-order valence-corrected chi connectivity index (χ3v) is 9.92. The van der Waals surface area contributed by atoms with Gasteiger partial charge in [0.25, 0.3) is 10.0 Å². The highest BCUT2D eigenvalue weighted by Crippen LogP contribution is 2.46. The van der Waals surface area contributed by atoms with Crippen LogP contribution in [0.2, 0.25) is 0 Å². The monoisotopic (exact) mass is 578 g/mol. The number of allylic oxidation sites excluding steroid dienone is 7. The minimum Gasteiger partial charge on any atom is -0.347 e. The number of rotatable bonds is 7. The minimum absolute atomic E-state index is 0.175. The average Bonchev–Trinajstić information content (AvgIpc) is 3.27. The van der Waals surface area contributed by atoms with Crippen molar-refractivity contribution < 1.29 is 13.0 Å². The fourth-order valence-corrected chi connectivity index (χ4v) is 7.20. The van der Waals surface area contributed by atoms with Gasteiger partial charge in [-0.3, -0.25) is 4.72 Å². The van der Waals surface area contributed by atoms with Gasteiger partial charge < -0.3 is 4.90 Å². The molecule has 0 radical (unpaired) electrons. The molecule has 5 nitrogen and oxygen atoms in total. The van der Waals surface area contributed by atoms with Crippen LogP contribution in [-0.2, 0) is 20.9 Å². The molecular weight excluding hydrogens is 538 g/mol. The number of hydrogen-bond donors (Lipinski definition) is 1. The molecule has 0 saturated carbocycles. The van der Waals surface area contributed by atoms with Crippen LogP contribution in [0.3, 0.4) is 0 Å². The summed E-state index contributed by atoms with van der Waals surface area (Å²) in [4.78, 5) is 2.43. The Balaban J connectivity index is 1.49. The molecule has 0 unspecified atom stereocenters. The van der Waals surface area contributed by atoms with Gasteiger partial charge >= 0.3 is 0 Å². The summed E-state index contributed by atoms with van der Waals surface area (Å²) >= 11 is 0. The van der Waals surface area contributed by atoms with Gasteiger partial charge in [0, 0.05) is 47.2 Å². The Kier molecular flexibility index (Phi) is 7.62. The highest BCUT2D eigenvalue weighted by molar-refractivity contribution is 7.89. The van der Waals surface area contributed by atoms with Crippen molar-refractivity contribution in [2.24, 2.45) is 0 Å². The molecule has 0 atom stereocenters. The molecule has 3 aromatic carbocycles. The number of aryl methyl sites for hydroxylation is 1. The Morgan fingerprint density at radius 2 is 1.50 bits per heavy atom. The van der Waals surface area contributed by atoms with Crippen molar-refractivity contribution in [1.82, 2.24) is 4.72 Å². The van der Waals surface area contributed by atoms with Crippen molar-refractivity contribution in [1.29, 1.82) is 0 Å². The maximum absolute atomic E-state index is 13.4. The number of nitrogens with zero attached hydrogens (tertiary/aromatic N) is 2. The maximum atomic E-state index is 13.4. The Hall–Kier alpha value is -4.16. The highest BCUT2D eigenvalue weighted by Gasteiger charge is 2.42. The molecule has 42 heavy (non-hydrogen) atoms. The first kappa shape index (κ1) is 29.3.